The van der Waals surface area contributed by atoms with Gasteiger partial charge in [-0.25, -0.2) is 4.98 Å². The maximum atomic E-state index is 12.5. The highest BCUT2D eigenvalue weighted by Gasteiger charge is 2.31. The smallest absolute Gasteiger partial charge is 0.491 e. The van der Waals surface area contributed by atoms with Gasteiger partial charge in [0.1, 0.15) is 23.9 Å². The molecule has 0 fully saturated rings. The Balaban J connectivity index is 1.57. The van der Waals surface area contributed by atoms with Gasteiger partial charge >= 0.3 is 12.3 Å². The van der Waals surface area contributed by atoms with E-state index in [9.17, 15) is 18.0 Å². The van der Waals surface area contributed by atoms with Gasteiger partial charge in [-0.15, -0.1) is 13.2 Å². The second kappa shape index (κ2) is 11.1. The van der Waals surface area contributed by atoms with Crippen molar-refractivity contribution in [2.24, 2.45) is 0 Å². The van der Waals surface area contributed by atoms with Crippen LogP contribution in [0.5, 0.6) is 11.5 Å². The Bertz CT molecular complexity index is 1320. The molecule has 1 N–H and O–H groups in total. The summed E-state index contributed by atoms with van der Waals surface area (Å²) in [6.45, 7) is 0.992. The highest BCUT2D eigenvalue weighted by atomic mass is 19.4. The van der Waals surface area contributed by atoms with Crippen molar-refractivity contribution in [1.82, 2.24) is 9.55 Å². The molecule has 188 valence electrons. The third-order valence-electron chi connectivity index (χ3n) is 5.25. The van der Waals surface area contributed by atoms with E-state index in [-0.39, 0.29) is 32.0 Å². The number of fused-ring (bicyclic) bond motifs is 1. The zero-order valence-electron chi connectivity index (χ0n) is 19.1. The van der Waals surface area contributed by atoms with Crippen LogP contribution in [0.4, 0.5) is 13.2 Å². The fourth-order valence-corrected chi connectivity index (χ4v) is 3.68. The molecule has 0 unspecified atom stereocenters. The molecule has 0 radical (unpaired) electrons. The fraction of sp³-hybridized carbons (Fsp3) is 0.231. The fourth-order valence-electron chi connectivity index (χ4n) is 3.68. The second-order valence-electron chi connectivity index (χ2n) is 7.79. The number of carbonyl (C=O) groups is 1. The van der Waals surface area contributed by atoms with Gasteiger partial charge < -0.3 is 23.9 Å². The van der Waals surface area contributed by atoms with Crippen LogP contribution in [-0.2, 0) is 16.1 Å². The summed E-state index contributed by atoms with van der Waals surface area (Å²) in [6, 6.07) is 20.6. The van der Waals surface area contributed by atoms with E-state index in [2.05, 4.69) is 4.74 Å². The SMILES string of the molecule is O=C(O)CCOCCOc1ccccc1Cn1c(-c2ccc(OC(F)(F)F)cc2)nc2ccccc21. The summed E-state index contributed by atoms with van der Waals surface area (Å²) in [5.41, 5.74) is 3.10. The molecule has 0 spiro atoms. The van der Waals surface area contributed by atoms with E-state index >= 15 is 0 Å². The van der Waals surface area contributed by atoms with Gasteiger partial charge in [0.2, 0.25) is 0 Å². The first-order chi connectivity index (χ1) is 17.3. The zero-order chi connectivity index (χ0) is 25.5. The number of imidazole rings is 1. The number of hydrogen-bond donors (Lipinski definition) is 1. The molecular weight excluding hydrogens is 477 g/mol. The number of ether oxygens (including phenoxy) is 3. The Morgan fingerprint density at radius 2 is 1.64 bits per heavy atom. The number of para-hydroxylation sites is 3. The number of nitrogens with zero attached hydrogens (tertiary/aromatic N) is 2. The number of carboxylic acid groups (broad SMARTS) is 1. The maximum Gasteiger partial charge on any atom is 0.573 e. The van der Waals surface area contributed by atoms with E-state index in [0.29, 0.717) is 23.7 Å². The quantitative estimate of drug-likeness (QED) is 0.273. The molecule has 1 heterocycles. The number of carboxylic acids is 1. The standard InChI is InChI=1S/C26H23F3N2O5/c27-26(28,29)36-20-11-9-18(10-12-20)25-30-21-6-2-3-7-22(21)31(25)17-19-5-1-4-8-23(19)35-16-15-34-14-13-24(32)33/h1-12H,13-17H2,(H,32,33). The van der Waals surface area contributed by atoms with Crippen LogP contribution in [0.1, 0.15) is 12.0 Å². The Hall–Kier alpha value is -4.05. The van der Waals surface area contributed by atoms with Gasteiger partial charge in [0.25, 0.3) is 0 Å². The number of alkyl halides is 3. The number of rotatable bonds is 11. The van der Waals surface area contributed by atoms with Crippen molar-refractivity contribution in [1.29, 1.82) is 0 Å². The molecule has 0 aliphatic carbocycles. The van der Waals surface area contributed by atoms with E-state index < -0.39 is 12.3 Å². The highest BCUT2D eigenvalue weighted by molar-refractivity contribution is 5.81. The third-order valence-corrected chi connectivity index (χ3v) is 5.25. The van der Waals surface area contributed by atoms with Gasteiger partial charge in [0.05, 0.1) is 37.2 Å². The lowest BCUT2D eigenvalue weighted by molar-refractivity contribution is -0.274. The van der Waals surface area contributed by atoms with Gasteiger partial charge in [0, 0.05) is 11.1 Å². The predicted molar refractivity (Wildman–Crippen MR) is 126 cm³/mol. The molecular formula is C26H23F3N2O5. The highest BCUT2D eigenvalue weighted by Crippen LogP contribution is 2.30. The molecule has 1 aromatic heterocycles. The average Bonchev–Trinajstić information content (AvgIpc) is 3.20. The van der Waals surface area contributed by atoms with Crippen LogP contribution in [0.25, 0.3) is 22.4 Å². The lowest BCUT2D eigenvalue weighted by Gasteiger charge is -2.15. The molecule has 10 heteroatoms. The molecule has 0 saturated carbocycles. The van der Waals surface area contributed by atoms with Gasteiger partial charge in [-0.05, 0) is 42.5 Å². The Morgan fingerprint density at radius 1 is 0.917 bits per heavy atom. The first-order valence-electron chi connectivity index (χ1n) is 11.1. The normalized spacial score (nSPS) is 11.5. The van der Waals surface area contributed by atoms with E-state index in [1.165, 1.54) is 24.3 Å². The molecule has 0 amide bonds. The van der Waals surface area contributed by atoms with Crippen molar-refractivity contribution >= 4 is 17.0 Å². The summed E-state index contributed by atoms with van der Waals surface area (Å²) in [5.74, 6) is -0.0102. The Morgan fingerprint density at radius 3 is 2.39 bits per heavy atom. The third kappa shape index (κ3) is 6.54. The van der Waals surface area contributed by atoms with Crippen molar-refractivity contribution in [2.45, 2.75) is 19.3 Å². The first kappa shape index (κ1) is 25.1. The number of aromatic nitrogens is 2. The molecule has 4 aromatic rings. The van der Waals surface area contributed by atoms with E-state index in [0.717, 1.165) is 16.6 Å². The number of aliphatic carboxylic acids is 1. The first-order valence-corrected chi connectivity index (χ1v) is 11.1. The summed E-state index contributed by atoms with van der Waals surface area (Å²) in [4.78, 5) is 15.3. The van der Waals surface area contributed by atoms with Crippen LogP contribution in [-0.4, -0.2) is 46.8 Å². The molecule has 4 rings (SSSR count). The number of benzene rings is 3. The second-order valence-corrected chi connectivity index (χ2v) is 7.79. The van der Waals surface area contributed by atoms with Crippen molar-refractivity contribution in [3.8, 4) is 22.9 Å². The monoisotopic (exact) mass is 500 g/mol. The van der Waals surface area contributed by atoms with Crippen molar-refractivity contribution in [2.75, 3.05) is 19.8 Å². The summed E-state index contributed by atoms with van der Waals surface area (Å²) in [5, 5.41) is 8.68. The minimum Gasteiger partial charge on any atom is -0.491 e. The summed E-state index contributed by atoms with van der Waals surface area (Å²) in [7, 11) is 0. The average molecular weight is 500 g/mol. The molecule has 36 heavy (non-hydrogen) atoms. The van der Waals surface area contributed by atoms with Crippen LogP contribution in [0.15, 0.2) is 72.8 Å². The van der Waals surface area contributed by atoms with E-state index in [1.54, 1.807) is 0 Å². The van der Waals surface area contributed by atoms with E-state index in [1.807, 2.05) is 53.1 Å². The van der Waals surface area contributed by atoms with Crippen molar-refractivity contribution in [3.05, 3.63) is 78.4 Å². The molecule has 0 aliphatic rings. The summed E-state index contributed by atoms with van der Waals surface area (Å²) < 4.78 is 54.8. The molecule has 3 aromatic carbocycles. The molecule has 0 aliphatic heterocycles. The van der Waals surface area contributed by atoms with Crippen LogP contribution >= 0.6 is 0 Å². The minimum absolute atomic E-state index is 0.0730. The molecule has 0 saturated heterocycles. The topological polar surface area (TPSA) is 82.8 Å². The predicted octanol–water partition coefficient (Wildman–Crippen LogP) is 5.52. The van der Waals surface area contributed by atoms with Crippen molar-refractivity contribution in [3.63, 3.8) is 0 Å². The maximum absolute atomic E-state index is 12.5. The van der Waals surface area contributed by atoms with Crippen LogP contribution in [0, 0.1) is 0 Å². The number of hydrogen-bond acceptors (Lipinski definition) is 5. The minimum atomic E-state index is -4.76. The molecule has 7 nitrogen and oxygen atoms in total. The lowest BCUT2D eigenvalue weighted by Crippen LogP contribution is -2.17. The molecule has 0 bridgehead atoms. The summed E-state index contributed by atoms with van der Waals surface area (Å²) >= 11 is 0. The largest absolute Gasteiger partial charge is 0.573 e. The molecule has 0 atom stereocenters. The summed E-state index contributed by atoms with van der Waals surface area (Å²) in [6.07, 6.45) is -4.84. The van der Waals surface area contributed by atoms with Crippen molar-refractivity contribution < 1.29 is 37.3 Å². The van der Waals surface area contributed by atoms with E-state index in [4.69, 9.17) is 19.6 Å². The van der Waals surface area contributed by atoms with Gasteiger partial charge in [-0.1, -0.05) is 30.3 Å². The zero-order valence-corrected chi connectivity index (χ0v) is 19.1. The lowest BCUT2D eigenvalue weighted by atomic mass is 10.1. The Kier molecular flexibility index (Phi) is 7.74. The Labute approximate surface area is 204 Å². The van der Waals surface area contributed by atoms with Crippen LogP contribution < -0.4 is 9.47 Å². The number of halogens is 3. The van der Waals surface area contributed by atoms with Crippen LogP contribution in [0.3, 0.4) is 0 Å². The van der Waals surface area contributed by atoms with Gasteiger partial charge in [-0.3, -0.25) is 4.79 Å². The van der Waals surface area contributed by atoms with Gasteiger partial charge in [-0.2, -0.15) is 0 Å². The van der Waals surface area contributed by atoms with Crippen LogP contribution in [0.2, 0.25) is 0 Å². The van der Waals surface area contributed by atoms with Gasteiger partial charge in [0.15, 0.2) is 0 Å².